The van der Waals surface area contributed by atoms with Crippen LogP contribution in [0.1, 0.15) is 24.5 Å². The summed E-state index contributed by atoms with van der Waals surface area (Å²) in [4.78, 5) is 26.0. The standard InChI is InChI=1S/C22H23N3O4/c1-2-13-29-21-9-7-16(14-20(21)25(27)28)8-10-22(26)23-12-11-17-15-24-19-6-4-3-5-18(17)19/h3-10,14-15,24H,2,11-13H2,1H3,(H,23,26)/b10-8+. The summed E-state index contributed by atoms with van der Waals surface area (Å²) in [6.07, 6.45) is 6.35. The number of nitro benzene ring substituents is 1. The highest BCUT2D eigenvalue weighted by atomic mass is 16.6. The molecule has 0 aliphatic rings. The molecule has 0 aliphatic heterocycles. The molecule has 0 atom stereocenters. The number of nitro groups is 1. The van der Waals surface area contributed by atoms with Gasteiger partial charge in [0.1, 0.15) is 0 Å². The van der Waals surface area contributed by atoms with Crippen molar-refractivity contribution in [2.45, 2.75) is 19.8 Å². The number of rotatable bonds is 9. The van der Waals surface area contributed by atoms with Gasteiger partial charge >= 0.3 is 5.69 Å². The number of carbonyl (C=O) groups is 1. The molecule has 7 heteroatoms. The molecule has 1 heterocycles. The molecule has 0 radical (unpaired) electrons. The number of fused-ring (bicyclic) bond motifs is 1. The number of H-pyrrole nitrogens is 1. The third kappa shape index (κ3) is 5.22. The zero-order chi connectivity index (χ0) is 20.6. The summed E-state index contributed by atoms with van der Waals surface area (Å²) < 4.78 is 5.40. The molecule has 1 aromatic heterocycles. The Balaban J connectivity index is 1.57. The van der Waals surface area contributed by atoms with Gasteiger partial charge in [-0.25, -0.2) is 0 Å². The Morgan fingerprint density at radius 3 is 2.90 bits per heavy atom. The first kappa shape index (κ1) is 20.1. The van der Waals surface area contributed by atoms with Crippen molar-refractivity contribution in [1.82, 2.24) is 10.3 Å². The number of ether oxygens (including phenoxy) is 1. The predicted molar refractivity (Wildman–Crippen MR) is 113 cm³/mol. The molecule has 7 nitrogen and oxygen atoms in total. The van der Waals surface area contributed by atoms with Crippen LogP contribution in [0.25, 0.3) is 17.0 Å². The zero-order valence-corrected chi connectivity index (χ0v) is 16.2. The molecular formula is C22H23N3O4. The maximum atomic E-state index is 12.1. The van der Waals surface area contributed by atoms with Crippen LogP contribution in [0, 0.1) is 10.1 Å². The van der Waals surface area contributed by atoms with E-state index in [4.69, 9.17) is 4.74 Å². The smallest absolute Gasteiger partial charge is 0.311 e. The van der Waals surface area contributed by atoms with Crippen LogP contribution < -0.4 is 10.1 Å². The van der Waals surface area contributed by atoms with Crippen LogP contribution in [0.5, 0.6) is 5.75 Å². The summed E-state index contributed by atoms with van der Waals surface area (Å²) in [6.45, 7) is 2.84. The molecule has 0 unspecified atom stereocenters. The minimum absolute atomic E-state index is 0.111. The van der Waals surface area contributed by atoms with Crippen LogP contribution in [0.3, 0.4) is 0 Å². The molecule has 0 saturated carbocycles. The van der Waals surface area contributed by atoms with Gasteiger partial charge in [0.05, 0.1) is 11.5 Å². The van der Waals surface area contributed by atoms with Gasteiger partial charge in [-0.05, 0) is 42.2 Å². The SMILES string of the molecule is CCCOc1ccc(/C=C/C(=O)NCCc2c[nH]c3ccccc23)cc1[N+](=O)[O-]. The second kappa shape index (κ2) is 9.54. The fourth-order valence-electron chi connectivity index (χ4n) is 3.00. The lowest BCUT2D eigenvalue weighted by molar-refractivity contribution is -0.385. The first-order valence-corrected chi connectivity index (χ1v) is 9.50. The van der Waals surface area contributed by atoms with Gasteiger partial charge in [0.25, 0.3) is 0 Å². The van der Waals surface area contributed by atoms with Crippen molar-refractivity contribution in [2.24, 2.45) is 0 Å². The molecule has 3 aromatic rings. The maximum absolute atomic E-state index is 12.1. The van der Waals surface area contributed by atoms with Gasteiger partial charge in [0.15, 0.2) is 5.75 Å². The number of para-hydroxylation sites is 1. The van der Waals surface area contributed by atoms with E-state index in [-0.39, 0.29) is 17.3 Å². The van der Waals surface area contributed by atoms with Gasteiger partial charge in [-0.2, -0.15) is 0 Å². The lowest BCUT2D eigenvalue weighted by atomic mass is 10.1. The van der Waals surface area contributed by atoms with E-state index in [1.807, 2.05) is 37.4 Å². The Kier molecular flexibility index (Phi) is 6.63. The average Bonchev–Trinajstić information content (AvgIpc) is 3.14. The average molecular weight is 393 g/mol. The number of hydrogen-bond donors (Lipinski definition) is 2. The van der Waals surface area contributed by atoms with Crippen LogP contribution >= 0.6 is 0 Å². The molecule has 0 bridgehead atoms. The second-order valence-electron chi connectivity index (χ2n) is 6.57. The Morgan fingerprint density at radius 1 is 1.28 bits per heavy atom. The number of carbonyl (C=O) groups excluding carboxylic acids is 1. The quantitative estimate of drug-likeness (QED) is 0.323. The molecule has 29 heavy (non-hydrogen) atoms. The first-order valence-electron chi connectivity index (χ1n) is 9.50. The highest BCUT2D eigenvalue weighted by Gasteiger charge is 2.15. The largest absolute Gasteiger partial charge is 0.487 e. The summed E-state index contributed by atoms with van der Waals surface area (Å²) in [5, 5.41) is 15.2. The topological polar surface area (TPSA) is 97.3 Å². The molecule has 0 saturated heterocycles. The van der Waals surface area contributed by atoms with E-state index in [2.05, 4.69) is 10.3 Å². The summed E-state index contributed by atoms with van der Waals surface area (Å²) >= 11 is 0. The van der Waals surface area contributed by atoms with E-state index in [1.165, 1.54) is 12.1 Å². The van der Waals surface area contributed by atoms with Gasteiger partial charge in [-0.15, -0.1) is 0 Å². The predicted octanol–water partition coefficient (Wildman–Crippen LogP) is 4.24. The summed E-state index contributed by atoms with van der Waals surface area (Å²) in [5.74, 6) is -0.0176. The number of nitrogens with one attached hydrogen (secondary N) is 2. The van der Waals surface area contributed by atoms with Crippen molar-refractivity contribution in [1.29, 1.82) is 0 Å². The maximum Gasteiger partial charge on any atom is 0.311 e. The summed E-state index contributed by atoms with van der Waals surface area (Å²) in [6, 6.07) is 12.7. The van der Waals surface area contributed by atoms with Crippen LogP contribution in [0.4, 0.5) is 5.69 Å². The van der Waals surface area contributed by atoms with Gasteiger partial charge in [-0.1, -0.05) is 31.2 Å². The van der Waals surface area contributed by atoms with E-state index in [9.17, 15) is 14.9 Å². The van der Waals surface area contributed by atoms with Crippen molar-refractivity contribution >= 4 is 28.6 Å². The number of aromatic amines is 1. The molecule has 0 aliphatic carbocycles. The van der Waals surface area contributed by atoms with Crippen molar-refractivity contribution in [3.05, 3.63) is 76.0 Å². The van der Waals surface area contributed by atoms with Gasteiger partial charge < -0.3 is 15.0 Å². The van der Waals surface area contributed by atoms with Gasteiger partial charge in [0.2, 0.25) is 5.91 Å². The monoisotopic (exact) mass is 393 g/mol. The van der Waals surface area contributed by atoms with Crippen LogP contribution in [0.2, 0.25) is 0 Å². The number of aromatic nitrogens is 1. The van der Waals surface area contributed by atoms with Gasteiger partial charge in [-0.3, -0.25) is 14.9 Å². The Morgan fingerprint density at radius 2 is 2.10 bits per heavy atom. The van der Waals surface area contributed by atoms with Gasteiger partial charge in [0, 0.05) is 35.8 Å². The molecule has 0 spiro atoms. The third-order valence-electron chi connectivity index (χ3n) is 4.44. The van der Waals surface area contributed by atoms with Crippen molar-refractivity contribution in [2.75, 3.05) is 13.2 Å². The number of hydrogen-bond acceptors (Lipinski definition) is 4. The summed E-state index contributed by atoms with van der Waals surface area (Å²) in [7, 11) is 0. The minimum Gasteiger partial charge on any atom is -0.487 e. The normalized spacial score (nSPS) is 11.1. The van der Waals surface area contributed by atoms with E-state index in [0.29, 0.717) is 25.1 Å². The third-order valence-corrected chi connectivity index (χ3v) is 4.44. The highest BCUT2D eigenvalue weighted by molar-refractivity contribution is 5.92. The van der Waals surface area contributed by atoms with Crippen molar-refractivity contribution in [3.8, 4) is 5.75 Å². The summed E-state index contributed by atoms with van der Waals surface area (Å²) in [5.41, 5.74) is 2.66. The Labute approximate surface area is 168 Å². The Hall–Kier alpha value is -3.61. The zero-order valence-electron chi connectivity index (χ0n) is 16.2. The molecule has 0 fully saturated rings. The number of amides is 1. The Bertz CT molecular complexity index is 1040. The lowest BCUT2D eigenvalue weighted by Crippen LogP contribution is -2.23. The molecule has 2 N–H and O–H groups in total. The van der Waals surface area contributed by atoms with E-state index in [1.54, 1.807) is 18.2 Å². The number of benzene rings is 2. The van der Waals surface area contributed by atoms with Crippen LogP contribution in [0.15, 0.2) is 54.7 Å². The fraction of sp³-hybridized carbons (Fsp3) is 0.227. The van der Waals surface area contributed by atoms with Crippen LogP contribution in [-0.2, 0) is 11.2 Å². The fourth-order valence-corrected chi connectivity index (χ4v) is 3.00. The molecule has 1 amide bonds. The minimum atomic E-state index is -0.483. The number of nitrogens with zero attached hydrogens (tertiary/aromatic N) is 1. The first-order chi connectivity index (χ1) is 14.1. The molecule has 3 rings (SSSR count). The van der Waals surface area contributed by atoms with Crippen LogP contribution in [-0.4, -0.2) is 29.0 Å². The molecular weight excluding hydrogens is 370 g/mol. The lowest BCUT2D eigenvalue weighted by Gasteiger charge is -2.06. The molecule has 2 aromatic carbocycles. The van der Waals surface area contributed by atoms with E-state index < -0.39 is 4.92 Å². The highest BCUT2D eigenvalue weighted by Crippen LogP contribution is 2.28. The van der Waals surface area contributed by atoms with Crippen molar-refractivity contribution < 1.29 is 14.5 Å². The van der Waals surface area contributed by atoms with E-state index in [0.717, 1.165) is 22.9 Å². The molecule has 150 valence electrons. The second-order valence-corrected chi connectivity index (χ2v) is 6.57. The van der Waals surface area contributed by atoms with E-state index >= 15 is 0 Å². The van der Waals surface area contributed by atoms with Crippen molar-refractivity contribution in [3.63, 3.8) is 0 Å².